The van der Waals surface area contributed by atoms with E-state index in [-0.39, 0.29) is 11.7 Å². The molecule has 0 aliphatic rings. The molecule has 0 fully saturated rings. The number of rotatable bonds is 8. The zero-order valence-corrected chi connectivity index (χ0v) is 18.6. The van der Waals surface area contributed by atoms with Crippen molar-refractivity contribution >= 4 is 34.3 Å². The van der Waals surface area contributed by atoms with Gasteiger partial charge >= 0.3 is 0 Å². The fraction of sp³-hybridized carbons (Fsp3) is 0.261. The minimum Gasteiger partial charge on any atom is -0.497 e. The van der Waals surface area contributed by atoms with Gasteiger partial charge in [0.05, 0.1) is 12.9 Å². The van der Waals surface area contributed by atoms with Gasteiger partial charge in [0.1, 0.15) is 5.75 Å². The third-order valence-corrected chi connectivity index (χ3v) is 6.06. The maximum atomic E-state index is 12.4. The van der Waals surface area contributed by atoms with Crippen LogP contribution in [0.3, 0.4) is 0 Å². The number of fused-ring (bicyclic) bond motifs is 1. The van der Waals surface area contributed by atoms with Gasteiger partial charge in [-0.3, -0.25) is 4.79 Å². The lowest BCUT2D eigenvalue weighted by Gasteiger charge is -2.08. The quantitative estimate of drug-likeness (QED) is 0.407. The topological polar surface area (TPSA) is 74.0 Å². The Hall–Kier alpha value is -3.26. The van der Waals surface area contributed by atoms with Crippen molar-refractivity contribution in [2.24, 2.45) is 0 Å². The Balaban J connectivity index is 1.53. The van der Waals surface area contributed by atoms with Crippen LogP contribution in [-0.4, -0.2) is 38.1 Å². The van der Waals surface area contributed by atoms with E-state index in [9.17, 15) is 4.79 Å². The summed E-state index contributed by atoms with van der Waals surface area (Å²) in [6, 6.07) is 15.6. The van der Waals surface area contributed by atoms with Gasteiger partial charge in [-0.05, 0) is 32.0 Å². The van der Waals surface area contributed by atoms with Crippen molar-refractivity contribution in [1.82, 2.24) is 19.3 Å². The van der Waals surface area contributed by atoms with Gasteiger partial charge in [0.25, 0.3) is 0 Å². The summed E-state index contributed by atoms with van der Waals surface area (Å²) in [7, 11) is 1.60. The van der Waals surface area contributed by atoms with E-state index in [0.29, 0.717) is 18.0 Å². The summed E-state index contributed by atoms with van der Waals surface area (Å²) in [6.07, 6.45) is 2.13. The predicted molar refractivity (Wildman–Crippen MR) is 125 cm³/mol. The first-order valence-electron chi connectivity index (χ1n) is 10.2. The Morgan fingerprint density at radius 2 is 1.94 bits per heavy atom. The minimum atomic E-state index is -0.104. The molecule has 0 saturated heterocycles. The number of methoxy groups -OCH3 is 1. The highest BCUT2D eigenvalue weighted by molar-refractivity contribution is 7.99. The molecule has 7 nitrogen and oxygen atoms in total. The summed E-state index contributed by atoms with van der Waals surface area (Å²) >= 11 is 1.38. The van der Waals surface area contributed by atoms with Crippen molar-refractivity contribution in [2.45, 2.75) is 32.1 Å². The molecule has 0 bridgehead atoms. The normalized spacial score (nSPS) is 11.1. The number of para-hydroxylation sites is 1. The fourth-order valence-electron chi connectivity index (χ4n) is 3.59. The zero-order chi connectivity index (χ0) is 21.8. The number of aromatic nitrogens is 4. The lowest BCUT2D eigenvalue weighted by atomic mass is 10.1. The van der Waals surface area contributed by atoms with Gasteiger partial charge in [-0.2, -0.15) is 0 Å². The maximum Gasteiger partial charge on any atom is 0.234 e. The molecule has 2 aromatic heterocycles. The molecule has 160 valence electrons. The molecule has 0 spiro atoms. The number of anilines is 1. The number of amides is 1. The molecule has 1 amide bonds. The Morgan fingerprint density at radius 1 is 1.10 bits per heavy atom. The average Bonchev–Trinajstić information content (AvgIpc) is 3.38. The van der Waals surface area contributed by atoms with Crippen LogP contribution in [0.15, 0.2) is 59.9 Å². The standard InChI is InChI=1S/C23H25N5O2S/c1-4-27-14-19(18-11-6-7-12-20(18)27)22-25-26-23(28(22)5-2)31-15-21(29)24-16-9-8-10-17(13-16)30-3/h6-14H,4-5,15H2,1-3H3,(H,24,29). The van der Waals surface area contributed by atoms with E-state index in [4.69, 9.17) is 4.74 Å². The number of hydrogen-bond acceptors (Lipinski definition) is 5. The Kier molecular flexibility index (Phi) is 6.27. The van der Waals surface area contributed by atoms with E-state index < -0.39 is 0 Å². The van der Waals surface area contributed by atoms with Crippen molar-refractivity contribution in [1.29, 1.82) is 0 Å². The number of nitrogens with zero attached hydrogens (tertiary/aromatic N) is 4. The van der Waals surface area contributed by atoms with E-state index in [1.54, 1.807) is 13.2 Å². The zero-order valence-electron chi connectivity index (χ0n) is 17.8. The summed E-state index contributed by atoms with van der Waals surface area (Å²) in [5.41, 5.74) is 2.94. The highest BCUT2D eigenvalue weighted by Gasteiger charge is 2.18. The van der Waals surface area contributed by atoms with Crippen LogP contribution in [0.25, 0.3) is 22.3 Å². The van der Waals surface area contributed by atoms with Crippen molar-refractivity contribution in [3.63, 3.8) is 0 Å². The van der Waals surface area contributed by atoms with Crippen LogP contribution in [0.5, 0.6) is 5.75 Å². The number of benzene rings is 2. The summed E-state index contributed by atoms with van der Waals surface area (Å²) < 4.78 is 9.48. The monoisotopic (exact) mass is 435 g/mol. The van der Waals surface area contributed by atoms with Crippen LogP contribution < -0.4 is 10.1 Å². The van der Waals surface area contributed by atoms with Crippen LogP contribution in [0.2, 0.25) is 0 Å². The van der Waals surface area contributed by atoms with Crippen LogP contribution in [0, 0.1) is 0 Å². The van der Waals surface area contributed by atoms with Crippen LogP contribution in [0.1, 0.15) is 13.8 Å². The van der Waals surface area contributed by atoms with E-state index in [0.717, 1.165) is 28.5 Å². The molecule has 0 aliphatic carbocycles. The Morgan fingerprint density at radius 3 is 2.71 bits per heavy atom. The lowest BCUT2D eigenvalue weighted by molar-refractivity contribution is -0.113. The fourth-order valence-corrected chi connectivity index (χ4v) is 4.40. The summed E-state index contributed by atoms with van der Waals surface area (Å²) in [6.45, 7) is 5.79. The number of carbonyl (C=O) groups is 1. The van der Waals surface area contributed by atoms with Crippen LogP contribution in [0.4, 0.5) is 5.69 Å². The molecule has 4 aromatic rings. The van der Waals surface area contributed by atoms with Gasteiger partial charge in [0, 0.05) is 47.5 Å². The van der Waals surface area contributed by atoms with Crippen molar-refractivity contribution in [3.8, 4) is 17.1 Å². The van der Waals surface area contributed by atoms with Crippen molar-refractivity contribution < 1.29 is 9.53 Å². The second-order valence-corrected chi connectivity index (χ2v) is 7.91. The average molecular weight is 436 g/mol. The van der Waals surface area contributed by atoms with Crippen molar-refractivity contribution in [3.05, 3.63) is 54.7 Å². The SMILES string of the molecule is CCn1c(SCC(=O)Nc2cccc(OC)c2)nnc1-c1cn(CC)c2ccccc12. The number of nitrogens with one attached hydrogen (secondary N) is 1. The van der Waals surface area contributed by atoms with E-state index in [1.807, 2.05) is 30.3 Å². The molecule has 0 saturated carbocycles. The van der Waals surface area contributed by atoms with Crippen LogP contribution >= 0.6 is 11.8 Å². The molecule has 1 N–H and O–H groups in total. The van der Waals surface area contributed by atoms with Crippen LogP contribution in [-0.2, 0) is 17.9 Å². The summed E-state index contributed by atoms with van der Waals surface area (Å²) in [5.74, 6) is 1.66. The first kappa shape index (κ1) is 21.0. The van der Waals surface area contributed by atoms with Gasteiger partial charge in [-0.15, -0.1) is 10.2 Å². The van der Waals surface area contributed by atoms with E-state index in [2.05, 4.69) is 56.8 Å². The number of hydrogen-bond donors (Lipinski definition) is 1. The molecule has 0 atom stereocenters. The predicted octanol–water partition coefficient (Wildman–Crippen LogP) is 4.68. The molecule has 0 unspecified atom stereocenters. The molecule has 0 radical (unpaired) electrons. The molecule has 0 aliphatic heterocycles. The molecule has 2 heterocycles. The van der Waals surface area contributed by atoms with E-state index in [1.165, 1.54) is 17.3 Å². The van der Waals surface area contributed by atoms with Gasteiger partial charge in [0.2, 0.25) is 5.91 Å². The largest absolute Gasteiger partial charge is 0.497 e. The Bertz CT molecular complexity index is 1210. The van der Waals surface area contributed by atoms with Gasteiger partial charge in [0.15, 0.2) is 11.0 Å². The molecular weight excluding hydrogens is 410 g/mol. The number of carbonyl (C=O) groups excluding carboxylic acids is 1. The molecule has 2 aromatic carbocycles. The van der Waals surface area contributed by atoms with E-state index >= 15 is 0 Å². The molecule has 8 heteroatoms. The second-order valence-electron chi connectivity index (χ2n) is 6.97. The first-order chi connectivity index (χ1) is 15.1. The summed E-state index contributed by atoms with van der Waals surface area (Å²) in [5, 5.41) is 13.6. The number of ether oxygens (including phenoxy) is 1. The highest BCUT2D eigenvalue weighted by Crippen LogP contribution is 2.31. The first-order valence-corrected chi connectivity index (χ1v) is 11.2. The highest BCUT2D eigenvalue weighted by atomic mass is 32.2. The molecule has 31 heavy (non-hydrogen) atoms. The maximum absolute atomic E-state index is 12.4. The van der Waals surface area contributed by atoms with Gasteiger partial charge in [-0.25, -0.2) is 0 Å². The number of thioether (sulfide) groups is 1. The summed E-state index contributed by atoms with van der Waals surface area (Å²) in [4.78, 5) is 12.4. The number of aryl methyl sites for hydroxylation is 1. The van der Waals surface area contributed by atoms with Gasteiger partial charge in [-0.1, -0.05) is 36.0 Å². The third-order valence-electron chi connectivity index (χ3n) is 5.09. The minimum absolute atomic E-state index is 0.104. The van der Waals surface area contributed by atoms with Gasteiger partial charge < -0.3 is 19.2 Å². The second kappa shape index (κ2) is 9.26. The van der Waals surface area contributed by atoms with Crippen molar-refractivity contribution in [2.75, 3.05) is 18.2 Å². The third kappa shape index (κ3) is 4.29. The smallest absolute Gasteiger partial charge is 0.234 e. The lowest BCUT2D eigenvalue weighted by Crippen LogP contribution is -2.14. The Labute approximate surface area is 185 Å². The molecular formula is C23H25N5O2S. The molecule has 4 rings (SSSR count).